The third-order valence-electron chi connectivity index (χ3n) is 3.59. The van der Waals surface area contributed by atoms with Crippen molar-refractivity contribution in [2.45, 2.75) is 6.04 Å². The largest absolute Gasteiger partial charge is 0.464 e. The number of imide groups is 1. The maximum Gasteiger partial charge on any atom is 0.355 e. The summed E-state index contributed by atoms with van der Waals surface area (Å²) >= 11 is 5.78. The molecule has 0 spiro atoms. The van der Waals surface area contributed by atoms with Crippen LogP contribution in [0.15, 0.2) is 34.7 Å². The van der Waals surface area contributed by atoms with Crippen molar-refractivity contribution in [1.29, 1.82) is 0 Å². The molecule has 0 aromatic heterocycles. The number of carbonyl (C=O) groups excluding carboxylic acids is 3. The predicted molar refractivity (Wildman–Crippen MR) is 78.3 cm³/mol. The Balaban J connectivity index is 2.03. The van der Waals surface area contributed by atoms with E-state index >= 15 is 0 Å². The Morgan fingerprint density at radius 1 is 1.26 bits per heavy atom. The van der Waals surface area contributed by atoms with E-state index in [0.29, 0.717) is 10.1 Å². The molecule has 2 amide bonds. The van der Waals surface area contributed by atoms with Gasteiger partial charge in [0.1, 0.15) is 5.92 Å². The molecular formula is C13H9ClN4O5. The summed E-state index contributed by atoms with van der Waals surface area (Å²) in [6, 6.07) is 4.69. The molecule has 0 saturated carbocycles. The fourth-order valence-corrected chi connectivity index (χ4v) is 2.70. The standard InChI is InChI=1S/C13H9ClN4O5/c1-23-13(21)9-8-10(18(15-9)16-22)12(20)17(11(8)19)7-4-2-6(14)3-5-7/h2-5,8,10H,1H3/t8-,10-/m1/s1. The lowest BCUT2D eigenvalue weighted by Crippen LogP contribution is -2.36. The summed E-state index contributed by atoms with van der Waals surface area (Å²) in [6.07, 6.45) is 0. The highest BCUT2D eigenvalue weighted by Gasteiger charge is 2.59. The molecule has 2 atom stereocenters. The molecule has 1 fully saturated rings. The molecule has 2 aliphatic rings. The number of benzene rings is 1. The molecule has 0 N–H and O–H groups in total. The van der Waals surface area contributed by atoms with E-state index < -0.39 is 29.7 Å². The minimum atomic E-state index is -1.29. The summed E-state index contributed by atoms with van der Waals surface area (Å²) in [6.45, 7) is 0. The van der Waals surface area contributed by atoms with E-state index in [4.69, 9.17) is 11.6 Å². The summed E-state index contributed by atoms with van der Waals surface area (Å²) in [5.41, 5.74) is -0.0548. The average molecular weight is 337 g/mol. The van der Waals surface area contributed by atoms with Gasteiger partial charge < -0.3 is 4.74 Å². The lowest BCUT2D eigenvalue weighted by molar-refractivity contribution is -0.133. The number of carbonyl (C=O) groups is 3. The van der Waals surface area contributed by atoms with Crippen LogP contribution in [-0.2, 0) is 19.1 Å². The quantitative estimate of drug-likeness (QED) is 0.457. The Morgan fingerprint density at radius 3 is 2.48 bits per heavy atom. The van der Waals surface area contributed by atoms with Crippen molar-refractivity contribution in [3.8, 4) is 0 Å². The Labute approximate surface area is 134 Å². The van der Waals surface area contributed by atoms with Crippen molar-refractivity contribution in [2.24, 2.45) is 16.3 Å². The van der Waals surface area contributed by atoms with Gasteiger partial charge in [-0.05, 0) is 24.3 Å². The minimum absolute atomic E-state index is 0.272. The molecule has 0 aliphatic carbocycles. The van der Waals surface area contributed by atoms with Crippen molar-refractivity contribution in [2.75, 3.05) is 12.0 Å². The third-order valence-corrected chi connectivity index (χ3v) is 3.84. The van der Waals surface area contributed by atoms with E-state index in [0.717, 1.165) is 12.0 Å². The first kappa shape index (κ1) is 15.1. The molecule has 1 saturated heterocycles. The normalized spacial score (nSPS) is 23.0. The van der Waals surface area contributed by atoms with Gasteiger partial charge >= 0.3 is 5.97 Å². The zero-order chi connectivity index (χ0) is 16.7. The lowest BCUT2D eigenvalue weighted by atomic mass is 9.98. The van der Waals surface area contributed by atoms with Gasteiger partial charge in [-0.2, -0.15) is 0 Å². The number of halogens is 1. The second-order valence-electron chi connectivity index (χ2n) is 4.79. The van der Waals surface area contributed by atoms with Crippen LogP contribution >= 0.6 is 11.6 Å². The molecule has 1 aromatic carbocycles. The molecule has 0 unspecified atom stereocenters. The van der Waals surface area contributed by atoms with Crippen LogP contribution < -0.4 is 4.90 Å². The van der Waals surface area contributed by atoms with Crippen molar-refractivity contribution >= 4 is 40.8 Å². The zero-order valence-electron chi connectivity index (χ0n) is 11.7. The maximum atomic E-state index is 12.6. The molecule has 2 heterocycles. The molecule has 23 heavy (non-hydrogen) atoms. The smallest absolute Gasteiger partial charge is 0.355 e. The van der Waals surface area contributed by atoms with Crippen molar-refractivity contribution < 1.29 is 19.1 Å². The first-order chi connectivity index (χ1) is 11.0. The first-order valence-electron chi connectivity index (χ1n) is 6.42. The van der Waals surface area contributed by atoms with Gasteiger partial charge in [0, 0.05) is 5.02 Å². The number of amides is 2. The number of nitroso groups, excluding NO2 is 1. The van der Waals surface area contributed by atoms with Gasteiger partial charge in [-0.15, -0.1) is 15.1 Å². The maximum absolute atomic E-state index is 12.6. The van der Waals surface area contributed by atoms with Crippen LogP contribution in [0.2, 0.25) is 5.02 Å². The van der Waals surface area contributed by atoms with Crippen molar-refractivity contribution in [3.05, 3.63) is 34.2 Å². The number of hydrazone groups is 1. The lowest BCUT2D eigenvalue weighted by Gasteiger charge is -2.16. The van der Waals surface area contributed by atoms with Gasteiger partial charge in [0.2, 0.25) is 5.91 Å². The number of esters is 1. The molecular weight excluding hydrogens is 328 g/mol. The van der Waals surface area contributed by atoms with Gasteiger partial charge in [-0.1, -0.05) is 11.6 Å². The highest BCUT2D eigenvalue weighted by atomic mass is 35.5. The summed E-state index contributed by atoms with van der Waals surface area (Å²) in [5.74, 6) is -3.52. The molecule has 0 bridgehead atoms. The van der Waals surface area contributed by atoms with Gasteiger partial charge in [0.05, 0.1) is 18.1 Å². The van der Waals surface area contributed by atoms with Gasteiger partial charge in [0.15, 0.2) is 11.8 Å². The van der Waals surface area contributed by atoms with Crippen molar-refractivity contribution in [3.63, 3.8) is 0 Å². The van der Waals surface area contributed by atoms with Crippen LogP contribution in [-0.4, -0.2) is 41.8 Å². The number of anilines is 1. The van der Waals surface area contributed by atoms with E-state index in [2.05, 4.69) is 15.1 Å². The number of hydrogen-bond donors (Lipinski definition) is 0. The monoisotopic (exact) mass is 336 g/mol. The second kappa shape index (κ2) is 5.43. The number of rotatable bonds is 3. The fraction of sp³-hybridized carbons (Fsp3) is 0.231. The number of ether oxygens (including phenoxy) is 1. The third kappa shape index (κ3) is 2.16. The highest BCUT2D eigenvalue weighted by molar-refractivity contribution is 6.46. The van der Waals surface area contributed by atoms with Gasteiger partial charge in [-0.3, -0.25) is 9.59 Å². The van der Waals surface area contributed by atoms with Crippen LogP contribution in [0.1, 0.15) is 0 Å². The Hall–Kier alpha value is -2.81. The summed E-state index contributed by atoms with van der Waals surface area (Å²) in [5, 5.41) is 7.16. The molecule has 118 valence electrons. The van der Waals surface area contributed by atoms with E-state index in [1.807, 2.05) is 0 Å². The van der Waals surface area contributed by atoms with E-state index in [9.17, 15) is 19.3 Å². The van der Waals surface area contributed by atoms with E-state index in [1.165, 1.54) is 24.3 Å². The molecule has 10 heteroatoms. The number of nitrogens with zero attached hydrogens (tertiary/aromatic N) is 4. The van der Waals surface area contributed by atoms with E-state index in [-0.39, 0.29) is 11.4 Å². The van der Waals surface area contributed by atoms with Gasteiger partial charge in [0.25, 0.3) is 5.91 Å². The van der Waals surface area contributed by atoms with Gasteiger partial charge in [-0.25, -0.2) is 9.69 Å². The first-order valence-corrected chi connectivity index (χ1v) is 6.80. The van der Waals surface area contributed by atoms with Crippen LogP contribution in [0.4, 0.5) is 5.69 Å². The minimum Gasteiger partial charge on any atom is -0.464 e. The number of hydrogen-bond acceptors (Lipinski definition) is 7. The molecule has 3 rings (SSSR count). The summed E-state index contributed by atoms with van der Waals surface area (Å²) in [4.78, 5) is 48.6. The van der Waals surface area contributed by atoms with Crippen LogP contribution in [0.25, 0.3) is 0 Å². The predicted octanol–water partition coefficient (Wildman–Crippen LogP) is 0.724. The molecule has 2 aliphatic heterocycles. The fourth-order valence-electron chi connectivity index (χ4n) is 2.58. The SMILES string of the molecule is COC(=O)C1=NN(N=O)[C@H]2C(=O)N(c3ccc(Cl)cc3)C(=O)[C@H]12. The second-order valence-corrected chi connectivity index (χ2v) is 5.23. The Morgan fingerprint density at radius 2 is 1.91 bits per heavy atom. The highest BCUT2D eigenvalue weighted by Crippen LogP contribution is 2.35. The van der Waals surface area contributed by atoms with Crippen LogP contribution in [0, 0.1) is 10.8 Å². The molecule has 0 radical (unpaired) electrons. The molecule has 1 aromatic rings. The van der Waals surface area contributed by atoms with Crippen LogP contribution in [0.3, 0.4) is 0 Å². The number of methoxy groups -OCH3 is 1. The zero-order valence-corrected chi connectivity index (χ0v) is 12.4. The summed E-state index contributed by atoms with van der Waals surface area (Å²) < 4.78 is 4.54. The Kier molecular flexibility index (Phi) is 3.57. The van der Waals surface area contributed by atoms with E-state index in [1.54, 1.807) is 0 Å². The number of fused-ring (bicyclic) bond motifs is 1. The molecule has 9 nitrogen and oxygen atoms in total. The van der Waals surface area contributed by atoms with Crippen LogP contribution in [0.5, 0.6) is 0 Å². The Bertz CT molecular complexity index is 747. The van der Waals surface area contributed by atoms with Crippen molar-refractivity contribution in [1.82, 2.24) is 5.12 Å². The topological polar surface area (TPSA) is 109 Å². The average Bonchev–Trinajstić information content (AvgIpc) is 3.05. The summed E-state index contributed by atoms with van der Waals surface area (Å²) in [7, 11) is 1.11.